The van der Waals surface area contributed by atoms with Crippen LogP contribution >= 0.6 is 0 Å². The molecular weight excluding hydrogens is 492 g/mol. The molecule has 4 rings (SSSR count). The first-order chi connectivity index (χ1) is 19.0. The Bertz CT molecular complexity index is 1190. The third-order valence-corrected chi connectivity index (χ3v) is 7.09. The van der Waals surface area contributed by atoms with Gasteiger partial charge in [0.15, 0.2) is 0 Å². The van der Waals surface area contributed by atoms with E-state index in [1.807, 2.05) is 37.3 Å². The molecule has 2 unspecified atom stereocenters. The van der Waals surface area contributed by atoms with E-state index in [1.54, 1.807) is 19.5 Å². The zero-order chi connectivity index (χ0) is 27.5. The lowest BCUT2D eigenvalue weighted by atomic mass is 10.1. The largest absolute Gasteiger partial charge is 0.480 e. The lowest BCUT2D eigenvalue weighted by Crippen LogP contribution is -2.38. The van der Waals surface area contributed by atoms with Gasteiger partial charge < -0.3 is 25.4 Å². The Morgan fingerprint density at radius 2 is 1.97 bits per heavy atom. The third-order valence-electron chi connectivity index (χ3n) is 7.09. The van der Waals surface area contributed by atoms with Crippen LogP contribution in [-0.2, 0) is 22.4 Å². The van der Waals surface area contributed by atoms with Crippen molar-refractivity contribution in [1.29, 1.82) is 0 Å². The van der Waals surface area contributed by atoms with Crippen LogP contribution in [0.5, 0.6) is 0 Å². The normalized spacial score (nSPS) is 14.3. The van der Waals surface area contributed by atoms with Gasteiger partial charge in [-0.1, -0.05) is 36.4 Å². The summed E-state index contributed by atoms with van der Waals surface area (Å²) in [5.41, 5.74) is 4.06. The minimum atomic E-state index is -0.909. The average molecular weight is 533 g/mol. The first-order valence-electron chi connectivity index (χ1n) is 13.9. The monoisotopic (exact) mass is 532 g/mol. The number of nitrogens with zero attached hydrogens (tertiary/aromatic N) is 4. The van der Waals surface area contributed by atoms with Gasteiger partial charge in [0, 0.05) is 38.0 Å². The second-order valence-corrected chi connectivity index (χ2v) is 10.1. The lowest BCUT2D eigenvalue weighted by molar-refractivity contribution is -0.138. The van der Waals surface area contributed by atoms with Gasteiger partial charge in [-0.05, 0) is 63.6 Å². The minimum Gasteiger partial charge on any atom is -0.480 e. The van der Waals surface area contributed by atoms with Crippen molar-refractivity contribution in [3.8, 4) is 11.3 Å². The van der Waals surface area contributed by atoms with Crippen LogP contribution in [0.25, 0.3) is 11.3 Å². The Hall–Kier alpha value is -3.56. The molecule has 2 aromatic heterocycles. The van der Waals surface area contributed by atoms with Gasteiger partial charge in [0.1, 0.15) is 17.7 Å². The summed E-state index contributed by atoms with van der Waals surface area (Å²) in [7, 11) is 1.71. The Kier molecular flexibility index (Phi) is 10.6. The summed E-state index contributed by atoms with van der Waals surface area (Å²) in [6.45, 7) is 5.27. The number of aromatic nitrogens is 3. The van der Waals surface area contributed by atoms with Crippen LogP contribution in [0, 0.1) is 0 Å². The number of carboxylic acid groups (broad SMARTS) is 1. The van der Waals surface area contributed by atoms with Crippen molar-refractivity contribution >= 4 is 17.6 Å². The van der Waals surface area contributed by atoms with E-state index >= 15 is 0 Å². The number of methoxy groups -OCH3 is 1. The number of aryl methyl sites for hydroxylation is 2. The Labute approximate surface area is 231 Å². The van der Waals surface area contributed by atoms with Gasteiger partial charge in [0.2, 0.25) is 0 Å². The van der Waals surface area contributed by atoms with Crippen LogP contribution in [0.3, 0.4) is 0 Å². The van der Waals surface area contributed by atoms with Gasteiger partial charge in [0.25, 0.3) is 0 Å². The highest BCUT2D eigenvalue weighted by atomic mass is 16.5. The van der Waals surface area contributed by atoms with Gasteiger partial charge in [0.05, 0.1) is 24.2 Å². The van der Waals surface area contributed by atoms with Crippen molar-refractivity contribution in [2.24, 2.45) is 0 Å². The summed E-state index contributed by atoms with van der Waals surface area (Å²) in [4.78, 5) is 28.1. The summed E-state index contributed by atoms with van der Waals surface area (Å²) >= 11 is 0. The third kappa shape index (κ3) is 8.73. The van der Waals surface area contributed by atoms with Gasteiger partial charge in [-0.2, -0.15) is 0 Å². The Balaban J connectivity index is 1.30. The molecule has 0 amide bonds. The van der Waals surface area contributed by atoms with Gasteiger partial charge in [-0.15, -0.1) is 0 Å². The maximum Gasteiger partial charge on any atom is 0.326 e. The highest BCUT2D eigenvalue weighted by molar-refractivity contribution is 5.77. The zero-order valence-electron chi connectivity index (χ0n) is 23.0. The number of fused-ring (bicyclic) bond motifs is 1. The number of rotatable bonds is 15. The number of ether oxygens (including phenoxy) is 1. The van der Waals surface area contributed by atoms with E-state index in [4.69, 9.17) is 9.72 Å². The fraction of sp³-hybridized carbons (Fsp3) is 0.467. The number of carboxylic acids is 1. The van der Waals surface area contributed by atoms with E-state index < -0.39 is 12.0 Å². The number of hydrogen-bond acceptors (Lipinski definition) is 8. The van der Waals surface area contributed by atoms with Crippen molar-refractivity contribution in [2.45, 2.75) is 57.6 Å². The van der Waals surface area contributed by atoms with E-state index in [0.717, 1.165) is 68.8 Å². The van der Waals surface area contributed by atoms with Crippen LogP contribution in [0.1, 0.15) is 43.9 Å². The quantitative estimate of drug-likeness (QED) is 0.243. The van der Waals surface area contributed by atoms with Crippen molar-refractivity contribution in [1.82, 2.24) is 19.9 Å². The number of nitrogens with one attached hydrogen (secondary N) is 2. The molecule has 39 heavy (non-hydrogen) atoms. The molecule has 0 bridgehead atoms. The van der Waals surface area contributed by atoms with Crippen LogP contribution in [0.2, 0.25) is 0 Å². The molecule has 1 aromatic carbocycles. The van der Waals surface area contributed by atoms with Crippen LogP contribution in [0.4, 0.5) is 11.6 Å². The van der Waals surface area contributed by atoms with Crippen molar-refractivity contribution in [3.05, 3.63) is 66.1 Å². The molecule has 1 aliphatic heterocycles. The second-order valence-electron chi connectivity index (χ2n) is 10.1. The Morgan fingerprint density at radius 1 is 1.13 bits per heavy atom. The highest BCUT2D eigenvalue weighted by Crippen LogP contribution is 2.21. The number of anilines is 2. The fourth-order valence-electron chi connectivity index (χ4n) is 4.81. The summed E-state index contributed by atoms with van der Waals surface area (Å²) < 4.78 is 5.51. The molecule has 1 aliphatic rings. The number of pyridine rings is 1. The number of benzene rings is 1. The maximum atomic E-state index is 12.1. The topological polar surface area (TPSA) is 113 Å². The van der Waals surface area contributed by atoms with Crippen LogP contribution in [-0.4, -0.2) is 76.4 Å². The van der Waals surface area contributed by atoms with Gasteiger partial charge >= 0.3 is 5.97 Å². The number of unbranched alkanes of at least 4 members (excludes halogenated alkanes) is 1. The molecule has 3 aromatic rings. The van der Waals surface area contributed by atoms with E-state index in [2.05, 4.69) is 37.6 Å². The molecule has 3 heterocycles. The van der Waals surface area contributed by atoms with Crippen LogP contribution in [0.15, 0.2) is 54.9 Å². The first-order valence-corrected chi connectivity index (χ1v) is 13.9. The summed E-state index contributed by atoms with van der Waals surface area (Å²) in [5.74, 6) is 0.585. The van der Waals surface area contributed by atoms with Crippen LogP contribution < -0.4 is 10.6 Å². The molecule has 0 fully saturated rings. The van der Waals surface area contributed by atoms with Crippen molar-refractivity contribution in [2.75, 3.05) is 43.9 Å². The maximum absolute atomic E-state index is 12.1. The predicted molar refractivity (Wildman–Crippen MR) is 154 cm³/mol. The number of hydrogen-bond donors (Lipinski definition) is 3. The summed E-state index contributed by atoms with van der Waals surface area (Å²) in [6, 6.07) is 13.3. The molecular formula is C30H40N6O3. The number of carbonyl (C=O) groups is 1. The van der Waals surface area contributed by atoms with Gasteiger partial charge in [-0.3, -0.25) is 4.98 Å². The standard InChI is InChI=1S/C30H40N6O3/c1-22(39-2)21-36(17-7-6-12-25-14-13-24-11-8-16-32-29(24)33-25)18-15-26(30(37)38)34-28-20-31-19-27(35-28)23-9-4-3-5-10-23/h3-5,9-10,13-14,19-20,22,26H,6-8,11-12,15-18,21H2,1-2H3,(H,32,33)(H,34,35)(H,37,38). The smallest absolute Gasteiger partial charge is 0.326 e. The predicted octanol–water partition coefficient (Wildman–Crippen LogP) is 4.51. The minimum absolute atomic E-state index is 0.0584. The first kappa shape index (κ1) is 28.4. The SMILES string of the molecule is COC(C)CN(CCCCc1ccc2c(n1)NCCC2)CCC(Nc1cncc(-c2ccccc2)n1)C(=O)O. The molecule has 0 saturated carbocycles. The zero-order valence-corrected chi connectivity index (χ0v) is 23.0. The molecule has 0 saturated heterocycles. The number of aliphatic carboxylic acids is 1. The molecule has 208 valence electrons. The summed E-state index contributed by atoms with van der Waals surface area (Å²) in [6.07, 6.45) is 8.94. The molecule has 0 aliphatic carbocycles. The van der Waals surface area contributed by atoms with E-state index in [9.17, 15) is 9.90 Å². The molecule has 0 spiro atoms. The van der Waals surface area contributed by atoms with Crippen molar-refractivity contribution in [3.63, 3.8) is 0 Å². The molecule has 9 nitrogen and oxygen atoms in total. The van der Waals surface area contributed by atoms with E-state index in [0.29, 0.717) is 24.5 Å². The second kappa shape index (κ2) is 14.6. The summed E-state index contributed by atoms with van der Waals surface area (Å²) in [5, 5.41) is 16.4. The molecule has 2 atom stereocenters. The average Bonchev–Trinajstić information content (AvgIpc) is 2.97. The fourth-order valence-corrected chi connectivity index (χ4v) is 4.81. The molecule has 0 radical (unpaired) electrons. The highest BCUT2D eigenvalue weighted by Gasteiger charge is 2.20. The molecule has 3 N–H and O–H groups in total. The molecule has 9 heteroatoms. The van der Waals surface area contributed by atoms with Gasteiger partial charge in [-0.25, -0.2) is 14.8 Å². The lowest BCUT2D eigenvalue weighted by Gasteiger charge is -2.26. The van der Waals surface area contributed by atoms with E-state index in [1.165, 1.54) is 5.56 Å². The Morgan fingerprint density at radius 3 is 2.77 bits per heavy atom. The van der Waals surface area contributed by atoms with E-state index in [-0.39, 0.29) is 6.10 Å². The van der Waals surface area contributed by atoms with Crippen molar-refractivity contribution < 1.29 is 14.6 Å².